The quantitative estimate of drug-likeness (QED) is 0.805. The molecule has 31 heavy (non-hydrogen) atoms. The van der Waals surface area contributed by atoms with E-state index in [1.807, 2.05) is 16.8 Å². The van der Waals surface area contributed by atoms with Gasteiger partial charge in [0.25, 0.3) is 0 Å². The standard InChI is InChI=1S/C24H34N6O/c31-23(28-14-9-24(10-15-28)7-2-1-3-8-24)18-16-29(17-18)22-19-4-11-25-12-5-20(19)27-21-6-13-26-30(21)22/h6,13,18,25H,1-5,7-12,14-17H2. The van der Waals surface area contributed by atoms with Gasteiger partial charge in [0, 0.05) is 50.8 Å². The second kappa shape index (κ2) is 7.76. The smallest absolute Gasteiger partial charge is 0.229 e. The molecule has 166 valence electrons. The lowest BCUT2D eigenvalue weighted by Gasteiger charge is -2.47. The molecule has 1 amide bonds. The van der Waals surface area contributed by atoms with Crippen LogP contribution in [-0.2, 0) is 17.6 Å². The highest BCUT2D eigenvalue weighted by molar-refractivity contribution is 5.82. The van der Waals surface area contributed by atoms with Crippen LogP contribution in [0.3, 0.4) is 0 Å². The van der Waals surface area contributed by atoms with Crippen molar-refractivity contribution in [1.29, 1.82) is 0 Å². The van der Waals surface area contributed by atoms with Gasteiger partial charge < -0.3 is 15.1 Å². The molecule has 6 rings (SSSR count). The van der Waals surface area contributed by atoms with Gasteiger partial charge >= 0.3 is 0 Å². The Hall–Kier alpha value is -2.15. The van der Waals surface area contributed by atoms with Gasteiger partial charge in [0.2, 0.25) is 5.91 Å². The molecule has 0 atom stereocenters. The van der Waals surface area contributed by atoms with Crippen LogP contribution in [0.2, 0.25) is 0 Å². The van der Waals surface area contributed by atoms with Gasteiger partial charge in [-0.15, -0.1) is 0 Å². The summed E-state index contributed by atoms with van der Waals surface area (Å²) in [6.45, 7) is 5.49. The van der Waals surface area contributed by atoms with Crippen molar-refractivity contribution in [2.75, 3.05) is 44.2 Å². The summed E-state index contributed by atoms with van der Waals surface area (Å²) >= 11 is 0. The normalized spacial score (nSPS) is 24.1. The monoisotopic (exact) mass is 422 g/mol. The summed E-state index contributed by atoms with van der Waals surface area (Å²) in [7, 11) is 0. The molecule has 1 N–H and O–H groups in total. The Balaban J connectivity index is 1.15. The summed E-state index contributed by atoms with van der Waals surface area (Å²) in [5.41, 5.74) is 3.97. The number of hydrogen-bond acceptors (Lipinski definition) is 5. The van der Waals surface area contributed by atoms with E-state index < -0.39 is 0 Å². The number of amides is 1. The Morgan fingerprint density at radius 2 is 1.81 bits per heavy atom. The number of nitrogens with one attached hydrogen (secondary N) is 1. The molecule has 0 radical (unpaired) electrons. The molecular formula is C24H34N6O. The average molecular weight is 423 g/mol. The Bertz CT molecular complexity index is 962. The number of piperidine rings is 1. The van der Waals surface area contributed by atoms with Gasteiger partial charge in [0.15, 0.2) is 5.65 Å². The van der Waals surface area contributed by atoms with Crippen molar-refractivity contribution in [3.63, 3.8) is 0 Å². The van der Waals surface area contributed by atoms with Crippen LogP contribution >= 0.6 is 0 Å². The van der Waals surface area contributed by atoms with E-state index in [0.29, 0.717) is 11.3 Å². The lowest BCUT2D eigenvalue weighted by molar-refractivity contribution is -0.139. The predicted molar refractivity (Wildman–Crippen MR) is 120 cm³/mol. The zero-order valence-electron chi connectivity index (χ0n) is 18.5. The Kier molecular flexibility index (Phi) is 4.89. The Morgan fingerprint density at radius 3 is 2.61 bits per heavy atom. The average Bonchev–Trinajstić information content (AvgIpc) is 3.10. The molecule has 3 fully saturated rings. The third-order valence-corrected chi connectivity index (χ3v) is 8.36. The van der Waals surface area contributed by atoms with Crippen molar-refractivity contribution in [3.8, 4) is 0 Å². The molecule has 3 aliphatic heterocycles. The van der Waals surface area contributed by atoms with Crippen molar-refractivity contribution in [2.45, 2.75) is 57.8 Å². The predicted octanol–water partition coefficient (Wildman–Crippen LogP) is 2.43. The first-order valence-corrected chi connectivity index (χ1v) is 12.3. The fraction of sp³-hybridized carbons (Fsp3) is 0.708. The van der Waals surface area contributed by atoms with Gasteiger partial charge in [-0.25, -0.2) is 4.98 Å². The maximum absolute atomic E-state index is 13.2. The van der Waals surface area contributed by atoms with Gasteiger partial charge in [-0.1, -0.05) is 19.3 Å². The van der Waals surface area contributed by atoms with Crippen molar-refractivity contribution in [1.82, 2.24) is 24.8 Å². The van der Waals surface area contributed by atoms with Gasteiger partial charge in [0.1, 0.15) is 5.82 Å². The summed E-state index contributed by atoms with van der Waals surface area (Å²) in [6.07, 6.45) is 13.1. The Morgan fingerprint density at radius 1 is 1.03 bits per heavy atom. The number of likely N-dealkylation sites (tertiary alicyclic amines) is 1. The molecule has 2 saturated heterocycles. The number of nitrogens with zero attached hydrogens (tertiary/aromatic N) is 5. The maximum Gasteiger partial charge on any atom is 0.229 e. The highest BCUT2D eigenvalue weighted by atomic mass is 16.2. The maximum atomic E-state index is 13.2. The summed E-state index contributed by atoms with van der Waals surface area (Å²) in [5.74, 6) is 1.66. The number of fused-ring (bicyclic) bond motifs is 2. The van der Waals surface area contributed by atoms with Gasteiger partial charge in [-0.3, -0.25) is 4.79 Å². The number of aromatic nitrogens is 3. The van der Waals surface area contributed by atoms with Crippen LogP contribution in [0.4, 0.5) is 5.82 Å². The molecule has 0 bridgehead atoms. The summed E-state index contributed by atoms with van der Waals surface area (Å²) in [5, 5.41) is 8.05. The minimum absolute atomic E-state index is 0.124. The molecule has 4 aliphatic rings. The molecule has 5 heterocycles. The first-order chi connectivity index (χ1) is 15.2. The zero-order chi connectivity index (χ0) is 20.8. The highest BCUT2D eigenvalue weighted by Gasteiger charge is 2.42. The number of rotatable bonds is 2. The fourth-order valence-corrected chi connectivity index (χ4v) is 6.41. The number of hydrogen-bond donors (Lipinski definition) is 1. The van der Waals surface area contributed by atoms with Crippen LogP contribution in [-0.4, -0.2) is 64.7 Å². The van der Waals surface area contributed by atoms with Crippen LogP contribution in [0.1, 0.15) is 56.2 Å². The molecule has 1 aliphatic carbocycles. The van der Waals surface area contributed by atoms with Crippen molar-refractivity contribution < 1.29 is 4.79 Å². The van der Waals surface area contributed by atoms with E-state index in [-0.39, 0.29) is 5.92 Å². The number of carbonyl (C=O) groups is 1. The molecule has 0 unspecified atom stereocenters. The summed E-state index contributed by atoms with van der Waals surface area (Å²) in [4.78, 5) is 22.6. The first-order valence-electron chi connectivity index (χ1n) is 12.3. The second-order valence-corrected chi connectivity index (χ2v) is 10.2. The molecule has 1 spiro atoms. The highest BCUT2D eigenvalue weighted by Crippen LogP contribution is 2.45. The van der Waals surface area contributed by atoms with Gasteiger partial charge in [-0.2, -0.15) is 9.61 Å². The molecule has 7 heteroatoms. The van der Waals surface area contributed by atoms with E-state index >= 15 is 0 Å². The molecule has 2 aromatic rings. The third kappa shape index (κ3) is 3.41. The topological polar surface area (TPSA) is 65.8 Å². The number of carbonyl (C=O) groups excluding carboxylic acids is 1. The summed E-state index contributed by atoms with van der Waals surface area (Å²) < 4.78 is 1.98. The van der Waals surface area contributed by atoms with E-state index in [0.717, 1.165) is 63.6 Å². The molecule has 2 aromatic heterocycles. The lowest BCUT2D eigenvalue weighted by atomic mass is 9.68. The van der Waals surface area contributed by atoms with Crippen LogP contribution < -0.4 is 10.2 Å². The third-order valence-electron chi connectivity index (χ3n) is 8.36. The van der Waals surface area contributed by atoms with E-state index in [4.69, 9.17) is 4.98 Å². The van der Waals surface area contributed by atoms with Crippen molar-refractivity contribution in [2.24, 2.45) is 11.3 Å². The van der Waals surface area contributed by atoms with Gasteiger partial charge in [0.05, 0.1) is 17.8 Å². The van der Waals surface area contributed by atoms with E-state index in [1.165, 1.54) is 56.2 Å². The van der Waals surface area contributed by atoms with E-state index in [1.54, 1.807) is 0 Å². The van der Waals surface area contributed by atoms with Crippen LogP contribution in [0.15, 0.2) is 12.3 Å². The van der Waals surface area contributed by atoms with Crippen LogP contribution in [0.25, 0.3) is 5.65 Å². The van der Waals surface area contributed by atoms with E-state index in [9.17, 15) is 4.79 Å². The molecule has 1 saturated carbocycles. The second-order valence-electron chi connectivity index (χ2n) is 10.2. The van der Waals surface area contributed by atoms with Crippen molar-refractivity contribution in [3.05, 3.63) is 23.5 Å². The van der Waals surface area contributed by atoms with E-state index in [2.05, 4.69) is 20.2 Å². The van der Waals surface area contributed by atoms with Crippen molar-refractivity contribution >= 4 is 17.4 Å². The minimum Gasteiger partial charge on any atom is -0.354 e. The molecule has 0 aromatic carbocycles. The van der Waals surface area contributed by atoms with Crippen LogP contribution in [0.5, 0.6) is 0 Å². The number of anilines is 1. The lowest BCUT2D eigenvalue weighted by Crippen LogP contribution is -2.57. The Labute approximate surface area is 184 Å². The van der Waals surface area contributed by atoms with Crippen LogP contribution in [0, 0.1) is 11.3 Å². The zero-order valence-corrected chi connectivity index (χ0v) is 18.5. The largest absolute Gasteiger partial charge is 0.354 e. The molecule has 7 nitrogen and oxygen atoms in total. The molecular weight excluding hydrogens is 388 g/mol. The minimum atomic E-state index is 0.124. The fourth-order valence-electron chi connectivity index (χ4n) is 6.41. The SMILES string of the molecule is O=C(C1CN(c2c3c(nc4ccnn24)CCNCC3)C1)N1CCC2(CCCCC2)CC1. The van der Waals surface area contributed by atoms with Gasteiger partial charge in [-0.05, 0) is 44.1 Å². The summed E-state index contributed by atoms with van der Waals surface area (Å²) in [6, 6.07) is 1.99. The first kappa shape index (κ1) is 19.5.